The lowest BCUT2D eigenvalue weighted by atomic mass is 10.1. The molecule has 1 aromatic carbocycles. The number of amides is 2. The molecule has 0 saturated carbocycles. The summed E-state index contributed by atoms with van der Waals surface area (Å²) in [6, 6.07) is 6.07. The fraction of sp³-hybridized carbons (Fsp3) is 0.350. The van der Waals surface area contributed by atoms with Crippen molar-refractivity contribution in [1.29, 1.82) is 0 Å². The van der Waals surface area contributed by atoms with Gasteiger partial charge in [0.1, 0.15) is 12.0 Å². The van der Waals surface area contributed by atoms with E-state index >= 15 is 0 Å². The number of anilines is 2. The number of piperazine rings is 1. The van der Waals surface area contributed by atoms with Gasteiger partial charge >= 0.3 is 6.18 Å². The Hall–Kier alpha value is -3.35. The minimum absolute atomic E-state index is 0.0766. The van der Waals surface area contributed by atoms with Crippen molar-refractivity contribution in [3.05, 3.63) is 52.2 Å². The third-order valence-corrected chi connectivity index (χ3v) is 6.66. The monoisotopic (exact) mass is 481 g/mol. The maximum Gasteiger partial charge on any atom is 0.416 e. The average molecular weight is 481 g/mol. The molecule has 0 spiro atoms. The van der Waals surface area contributed by atoms with Crippen LogP contribution in [-0.4, -0.2) is 58.1 Å². The number of hydrogen-bond donors (Lipinski definition) is 1. The number of pyridine rings is 1. The third-order valence-electron chi connectivity index (χ3n) is 5.39. The van der Waals surface area contributed by atoms with E-state index in [-0.39, 0.29) is 23.7 Å². The van der Waals surface area contributed by atoms with Gasteiger partial charge in [-0.2, -0.15) is 13.2 Å². The molecule has 1 N–H and O–H groups in total. The number of halogens is 3. The maximum atomic E-state index is 12.9. The van der Waals surface area contributed by atoms with Crippen LogP contribution in [0.25, 0.3) is 0 Å². The first-order chi connectivity index (χ1) is 15.6. The smallest absolute Gasteiger partial charge is 0.353 e. The molecule has 1 fully saturated rings. The van der Waals surface area contributed by atoms with Gasteiger partial charge in [-0.1, -0.05) is 0 Å². The minimum atomic E-state index is -4.51. The van der Waals surface area contributed by atoms with Crippen LogP contribution in [0.5, 0.6) is 0 Å². The van der Waals surface area contributed by atoms with Crippen LogP contribution >= 0.6 is 11.8 Å². The fourth-order valence-electron chi connectivity index (χ4n) is 3.61. The second-order valence-electron chi connectivity index (χ2n) is 7.51. The van der Waals surface area contributed by atoms with Crippen molar-refractivity contribution in [2.45, 2.75) is 22.7 Å². The number of nitro groups is 1. The normalized spacial score (nSPS) is 18.5. The lowest BCUT2D eigenvalue weighted by Gasteiger charge is -2.36. The Bertz CT molecular complexity index is 1090. The van der Waals surface area contributed by atoms with Crippen LogP contribution < -0.4 is 10.2 Å². The van der Waals surface area contributed by atoms with E-state index in [1.165, 1.54) is 18.3 Å². The van der Waals surface area contributed by atoms with Gasteiger partial charge in [0.15, 0.2) is 0 Å². The number of nitrogens with zero attached hydrogens (tertiary/aromatic N) is 4. The Morgan fingerprint density at radius 1 is 1.21 bits per heavy atom. The molecule has 9 nitrogen and oxygen atoms in total. The highest BCUT2D eigenvalue weighted by molar-refractivity contribution is 8.01. The van der Waals surface area contributed by atoms with Gasteiger partial charge in [-0.05, 0) is 24.3 Å². The first-order valence-electron chi connectivity index (χ1n) is 9.94. The Morgan fingerprint density at radius 2 is 1.94 bits per heavy atom. The largest absolute Gasteiger partial charge is 0.416 e. The standard InChI is InChI=1S/C20H18F3N5O4S/c21-20(22,23)12-1-3-15-14(9-12)25-19(30)16(33-15)10-18(29)27-7-5-26(6-8-27)17-4-2-13(11-24-17)28(31)32/h1-4,9,11,16H,5-8,10H2,(H,25,30)/t16-/m1/s1. The number of carbonyl (C=O) groups excluding carboxylic acids is 2. The SMILES string of the molecule is O=C1Nc2cc(C(F)(F)F)ccc2S[C@@H]1CC(=O)N1CCN(c2ccc([N+](=O)[O-])cn2)CC1. The molecule has 3 heterocycles. The Morgan fingerprint density at radius 3 is 2.55 bits per heavy atom. The summed E-state index contributed by atoms with van der Waals surface area (Å²) in [6.45, 7) is 1.73. The first-order valence-corrected chi connectivity index (χ1v) is 10.8. The molecular weight excluding hydrogens is 463 g/mol. The van der Waals surface area contributed by atoms with Gasteiger partial charge in [-0.25, -0.2) is 4.98 Å². The molecule has 1 saturated heterocycles. The zero-order chi connectivity index (χ0) is 23.8. The van der Waals surface area contributed by atoms with E-state index in [0.717, 1.165) is 23.9 Å². The van der Waals surface area contributed by atoms with Crippen LogP contribution in [0.1, 0.15) is 12.0 Å². The highest BCUT2D eigenvalue weighted by atomic mass is 32.2. The molecule has 0 aliphatic carbocycles. The number of alkyl halides is 3. The fourth-order valence-corrected chi connectivity index (χ4v) is 4.69. The van der Waals surface area contributed by atoms with E-state index in [1.807, 2.05) is 4.90 Å². The summed E-state index contributed by atoms with van der Waals surface area (Å²) in [5, 5.41) is 12.5. The third kappa shape index (κ3) is 5.02. The number of thioether (sulfide) groups is 1. The summed E-state index contributed by atoms with van der Waals surface area (Å²) in [7, 11) is 0. The van der Waals surface area contributed by atoms with Crippen molar-refractivity contribution in [3.8, 4) is 0 Å². The van der Waals surface area contributed by atoms with Crippen molar-refractivity contribution in [2.24, 2.45) is 0 Å². The summed E-state index contributed by atoms with van der Waals surface area (Å²) < 4.78 is 38.7. The van der Waals surface area contributed by atoms with Gasteiger partial charge in [0, 0.05) is 43.6 Å². The molecule has 2 aliphatic heterocycles. The summed E-state index contributed by atoms with van der Waals surface area (Å²) in [5.74, 6) is -0.159. The molecule has 0 bridgehead atoms. The molecule has 1 aromatic heterocycles. The molecule has 0 unspecified atom stereocenters. The van der Waals surface area contributed by atoms with Gasteiger partial charge in [-0.3, -0.25) is 19.7 Å². The quantitative estimate of drug-likeness (QED) is 0.528. The second-order valence-corrected chi connectivity index (χ2v) is 8.75. The molecule has 2 amide bonds. The molecule has 33 heavy (non-hydrogen) atoms. The lowest BCUT2D eigenvalue weighted by molar-refractivity contribution is -0.385. The molecule has 174 valence electrons. The number of carbonyl (C=O) groups is 2. The number of hydrogen-bond acceptors (Lipinski definition) is 7. The Labute approximate surface area is 190 Å². The zero-order valence-electron chi connectivity index (χ0n) is 17.0. The van der Waals surface area contributed by atoms with E-state index < -0.39 is 27.8 Å². The zero-order valence-corrected chi connectivity index (χ0v) is 17.9. The summed E-state index contributed by atoms with van der Waals surface area (Å²) in [5.41, 5.74) is -0.864. The summed E-state index contributed by atoms with van der Waals surface area (Å²) >= 11 is 1.08. The van der Waals surface area contributed by atoms with E-state index in [9.17, 15) is 32.9 Å². The summed E-state index contributed by atoms with van der Waals surface area (Å²) in [6.07, 6.45) is -3.41. The highest BCUT2D eigenvalue weighted by Crippen LogP contribution is 2.40. The van der Waals surface area contributed by atoms with Crippen molar-refractivity contribution in [3.63, 3.8) is 0 Å². The molecule has 4 rings (SSSR count). The Balaban J connectivity index is 1.34. The van der Waals surface area contributed by atoms with Crippen molar-refractivity contribution in [2.75, 3.05) is 36.4 Å². The Kier molecular flexibility index (Phi) is 6.15. The number of benzene rings is 1. The molecule has 2 aliphatic rings. The van der Waals surface area contributed by atoms with Crippen LogP contribution in [0.4, 0.5) is 30.4 Å². The molecule has 2 aromatic rings. The van der Waals surface area contributed by atoms with E-state index in [4.69, 9.17) is 0 Å². The van der Waals surface area contributed by atoms with E-state index in [2.05, 4.69) is 10.3 Å². The molecular formula is C20H18F3N5O4S. The topological polar surface area (TPSA) is 109 Å². The van der Waals surface area contributed by atoms with Gasteiger partial charge in [0.05, 0.1) is 21.4 Å². The van der Waals surface area contributed by atoms with E-state index in [0.29, 0.717) is 36.9 Å². The van der Waals surface area contributed by atoms with Crippen molar-refractivity contribution < 1.29 is 27.7 Å². The predicted molar refractivity (Wildman–Crippen MR) is 114 cm³/mol. The number of fused-ring (bicyclic) bond motifs is 1. The van der Waals surface area contributed by atoms with Crippen molar-refractivity contribution >= 4 is 40.8 Å². The molecule has 13 heteroatoms. The summed E-state index contributed by atoms with van der Waals surface area (Å²) in [4.78, 5) is 43.5. The number of aromatic nitrogens is 1. The number of nitrogens with one attached hydrogen (secondary N) is 1. The van der Waals surface area contributed by atoms with Gasteiger partial charge in [0.25, 0.3) is 5.69 Å². The average Bonchev–Trinajstić information content (AvgIpc) is 2.78. The second kappa shape index (κ2) is 8.89. The van der Waals surface area contributed by atoms with Crippen LogP contribution in [0.2, 0.25) is 0 Å². The predicted octanol–water partition coefficient (Wildman–Crippen LogP) is 3.16. The molecule has 0 radical (unpaired) electrons. The number of rotatable bonds is 4. The van der Waals surface area contributed by atoms with Crippen LogP contribution in [0.3, 0.4) is 0 Å². The van der Waals surface area contributed by atoms with Crippen LogP contribution in [0, 0.1) is 10.1 Å². The van der Waals surface area contributed by atoms with Gasteiger partial charge in [-0.15, -0.1) is 11.8 Å². The lowest BCUT2D eigenvalue weighted by Crippen LogP contribution is -2.50. The van der Waals surface area contributed by atoms with E-state index in [1.54, 1.807) is 11.0 Å². The minimum Gasteiger partial charge on any atom is -0.353 e. The van der Waals surface area contributed by atoms with Crippen molar-refractivity contribution in [1.82, 2.24) is 9.88 Å². The van der Waals surface area contributed by atoms with Crippen LogP contribution in [0.15, 0.2) is 41.4 Å². The van der Waals surface area contributed by atoms with Gasteiger partial charge in [0.2, 0.25) is 11.8 Å². The first kappa shape index (κ1) is 22.8. The maximum absolute atomic E-state index is 12.9. The van der Waals surface area contributed by atoms with Crippen LogP contribution in [-0.2, 0) is 15.8 Å². The molecule has 1 atom stereocenters. The van der Waals surface area contributed by atoms with Gasteiger partial charge < -0.3 is 15.1 Å². The highest BCUT2D eigenvalue weighted by Gasteiger charge is 2.35.